The van der Waals surface area contributed by atoms with Crippen LogP contribution in [0.5, 0.6) is 0 Å². The minimum Gasteiger partial charge on any atom is -0.121 e. The molecule has 0 unspecified atom stereocenters. The van der Waals surface area contributed by atoms with Crippen molar-refractivity contribution in [2.75, 3.05) is 0 Å². The summed E-state index contributed by atoms with van der Waals surface area (Å²) in [5, 5.41) is 2.39. The molecule has 9 heavy (non-hydrogen) atoms. The number of nitrogens with zero attached hydrogens (tertiary/aromatic N) is 1. The van der Waals surface area contributed by atoms with Gasteiger partial charge in [-0.2, -0.15) is 0 Å². The van der Waals surface area contributed by atoms with Crippen LogP contribution in [0.15, 0.2) is 24.4 Å². The van der Waals surface area contributed by atoms with Gasteiger partial charge in [0.1, 0.15) is 0 Å². The molecule has 1 heterocycles. The maximum atomic E-state index is 10.6. The molecule has 3 nitrogen and oxygen atoms in total. The molecule has 1 aromatic heterocycles. The summed E-state index contributed by atoms with van der Waals surface area (Å²) in [6.45, 7) is 0. The van der Waals surface area contributed by atoms with Crippen LogP contribution < -0.4 is 4.54 Å². The second kappa shape index (κ2) is 2.50. The van der Waals surface area contributed by atoms with Gasteiger partial charge in [-0.25, -0.2) is 0 Å². The minimum atomic E-state index is 0.236. The van der Waals surface area contributed by atoms with Gasteiger partial charge in [0.25, 0.3) is 0 Å². The summed E-state index contributed by atoms with van der Waals surface area (Å²) >= 11 is 4.64. The molecule has 0 saturated carbocycles. The Hall–Kier alpha value is -1.03. The molecule has 0 aliphatic rings. The van der Waals surface area contributed by atoms with Crippen molar-refractivity contribution < 1.29 is 4.54 Å². The molecule has 0 atom stereocenters. The van der Waals surface area contributed by atoms with E-state index < -0.39 is 0 Å². The molecule has 4 heteroatoms. The van der Waals surface area contributed by atoms with Gasteiger partial charge in [0.05, 0.1) is 11.1 Å². The van der Waals surface area contributed by atoms with Gasteiger partial charge in [-0.05, 0) is 6.07 Å². The summed E-state index contributed by atoms with van der Waals surface area (Å²) in [6, 6.07) is 4.95. The number of hydrogen-bond donors (Lipinski definition) is 1. The van der Waals surface area contributed by atoms with Gasteiger partial charge in [0, 0.05) is 18.3 Å². The van der Waals surface area contributed by atoms with Crippen molar-refractivity contribution in [3.63, 3.8) is 0 Å². The first-order chi connectivity index (χ1) is 4.30. The van der Waals surface area contributed by atoms with Crippen LogP contribution in [0, 0.1) is 9.55 Å². The molecule has 0 aliphatic carbocycles. The molecular weight excluding hydrogens is 136 g/mol. The molecule has 1 aromatic rings. The largest absolute Gasteiger partial charge is 0.356 e. The first kappa shape index (κ1) is 6.10. The van der Waals surface area contributed by atoms with Crippen molar-refractivity contribution >= 4 is 12.2 Å². The maximum absolute atomic E-state index is 10.6. The molecule has 0 amide bonds. The van der Waals surface area contributed by atoms with Crippen molar-refractivity contribution in [3.8, 4) is 0 Å². The lowest BCUT2D eigenvalue weighted by atomic mass is 10.6. The zero-order valence-electron chi connectivity index (χ0n) is 4.57. The number of H-pyrrole nitrogens is 1. The summed E-state index contributed by atoms with van der Waals surface area (Å²) in [6.07, 6.45) is 1.52. The number of nitrogens with one attached hydrogen (secondary N) is 1. The Morgan fingerprint density at radius 1 is 1.56 bits per heavy atom. The van der Waals surface area contributed by atoms with Crippen LogP contribution in [0.1, 0.15) is 0 Å². The summed E-state index contributed by atoms with van der Waals surface area (Å²) in [4.78, 5) is 10.6. The van der Waals surface area contributed by atoms with Crippen LogP contribution in [-0.4, -0.2) is 5.10 Å². The molecule has 46 valence electrons. The Kier molecular flexibility index (Phi) is 1.69. The van der Waals surface area contributed by atoms with Gasteiger partial charge in [-0.1, -0.05) is 6.07 Å². The van der Waals surface area contributed by atoms with E-state index in [-0.39, 0.29) is 4.64 Å². The predicted molar refractivity (Wildman–Crippen MR) is 35.0 cm³/mol. The van der Waals surface area contributed by atoms with E-state index in [1.165, 1.54) is 6.20 Å². The summed E-state index contributed by atoms with van der Waals surface area (Å²) in [7, 11) is 0. The first-order valence-corrected chi connectivity index (χ1v) is 2.82. The smallest absolute Gasteiger partial charge is 0.121 e. The van der Waals surface area contributed by atoms with E-state index in [1.807, 2.05) is 0 Å². The maximum Gasteiger partial charge on any atom is 0.356 e. The van der Waals surface area contributed by atoms with Crippen molar-refractivity contribution in [1.29, 1.82) is 0 Å². The van der Waals surface area contributed by atoms with E-state index in [1.54, 1.807) is 18.2 Å². The number of aromatic amines is 1. The van der Waals surface area contributed by atoms with E-state index in [2.05, 4.69) is 17.3 Å². The van der Waals surface area contributed by atoms with E-state index in [9.17, 15) is 4.91 Å². The predicted octanol–water partition coefficient (Wildman–Crippen LogP) is 0.659. The highest BCUT2D eigenvalue weighted by atomic mass is 32.1. The van der Waals surface area contributed by atoms with Gasteiger partial charge in [-0.3, -0.25) is 0 Å². The van der Waals surface area contributed by atoms with Gasteiger partial charge < -0.3 is 0 Å². The second-order valence-corrected chi connectivity index (χ2v) is 1.90. The molecule has 0 saturated heterocycles. The van der Waals surface area contributed by atoms with E-state index in [0.29, 0.717) is 4.54 Å². The molecule has 0 radical (unpaired) electrons. The third kappa shape index (κ3) is 1.43. The van der Waals surface area contributed by atoms with Crippen LogP contribution in [-0.2, 0) is 0 Å². The Morgan fingerprint density at radius 2 is 2.33 bits per heavy atom. The normalized spacial score (nSPS) is 8.89. The van der Waals surface area contributed by atoms with E-state index in [4.69, 9.17) is 0 Å². The quantitative estimate of drug-likeness (QED) is 0.425. The molecule has 0 spiro atoms. The summed E-state index contributed by atoms with van der Waals surface area (Å²) < 4.78 is 0.759. The third-order valence-corrected chi connectivity index (χ3v) is 1.14. The van der Waals surface area contributed by atoms with Crippen LogP contribution in [0.25, 0.3) is 0 Å². The molecule has 0 aromatic carbocycles. The lowest BCUT2D eigenvalue weighted by Gasteiger charge is -1.53. The lowest BCUT2D eigenvalue weighted by Crippen LogP contribution is -2.16. The Bertz CT molecular complexity index is 276. The van der Waals surface area contributed by atoms with Crippen molar-refractivity contribution in [3.05, 3.63) is 33.9 Å². The fourth-order valence-corrected chi connectivity index (χ4v) is 0.567. The standard InChI is InChI=1S/C5H4N2OS/c8-7-5(9)3-1-2-4-6-7/h1-4H/p+1. The highest BCUT2D eigenvalue weighted by Crippen LogP contribution is 1.74. The second-order valence-electron chi connectivity index (χ2n) is 1.48. The van der Waals surface area contributed by atoms with E-state index >= 15 is 0 Å². The molecule has 0 bridgehead atoms. The zero-order valence-corrected chi connectivity index (χ0v) is 5.39. The summed E-state index contributed by atoms with van der Waals surface area (Å²) in [5.41, 5.74) is 0. The van der Waals surface area contributed by atoms with Crippen LogP contribution >= 0.6 is 12.2 Å². The van der Waals surface area contributed by atoms with Gasteiger partial charge in [-0.15, -0.1) is 5.10 Å². The Balaban J connectivity index is 3.62. The van der Waals surface area contributed by atoms with Crippen LogP contribution in [0.4, 0.5) is 0 Å². The Labute approximate surface area is 56.6 Å². The fraction of sp³-hybridized carbons (Fsp3) is 0. The highest BCUT2D eigenvalue weighted by molar-refractivity contribution is 7.71. The number of hydrogen-bond acceptors (Lipinski definition) is 2. The van der Waals surface area contributed by atoms with Gasteiger partial charge in [0.15, 0.2) is 4.54 Å². The van der Waals surface area contributed by atoms with Crippen LogP contribution in [0.3, 0.4) is 0 Å². The highest BCUT2D eigenvalue weighted by Gasteiger charge is 1.87. The number of aromatic nitrogens is 2. The minimum absolute atomic E-state index is 0.236. The fourth-order valence-electron chi connectivity index (χ4n) is 0.435. The average Bonchev–Trinajstić information content (AvgIpc) is 1.99. The van der Waals surface area contributed by atoms with E-state index in [0.717, 1.165) is 0 Å². The lowest BCUT2D eigenvalue weighted by molar-refractivity contribution is -0.570. The molecule has 1 rings (SSSR count). The van der Waals surface area contributed by atoms with Crippen molar-refractivity contribution in [1.82, 2.24) is 5.10 Å². The van der Waals surface area contributed by atoms with Crippen LogP contribution in [0.2, 0.25) is 0 Å². The van der Waals surface area contributed by atoms with Gasteiger partial charge >= 0.3 is 4.64 Å². The summed E-state index contributed by atoms with van der Waals surface area (Å²) in [5.74, 6) is 0. The van der Waals surface area contributed by atoms with Crippen molar-refractivity contribution in [2.45, 2.75) is 0 Å². The van der Waals surface area contributed by atoms with Gasteiger partial charge in [0.2, 0.25) is 0 Å². The third-order valence-electron chi connectivity index (χ3n) is 0.838. The molecular formula is C5H5N2OS+. The van der Waals surface area contributed by atoms with Crippen molar-refractivity contribution in [2.24, 2.45) is 0 Å². The topological polar surface area (TPSA) is 38.8 Å². The monoisotopic (exact) mass is 141 g/mol. The Morgan fingerprint density at radius 3 is 3.11 bits per heavy atom. The average molecular weight is 141 g/mol. The SMILES string of the molecule is O=[n+]1[nH]ccccc1=S. The first-order valence-electron chi connectivity index (χ1n) is 2.41. The zero-order chi connectivity index (χ0) is 6.69. The molecule has 0 fully saturated rings. The molecule has 1 N–H and O–H groups in total. The number of rotatable bonds is 0. The molecule has 0 aliphatic heterocycles.